The highest BCUT2D eigenvalue weighted by atomic mass is 16.4. The van der Waals surface area contributed by atoms with Gasteiger partial charge in [0.1, 0.15) is 0 Å². The lowest BCUT2D eigenvalue weighted by atomic mass is 9.71. The van der Waals surface area contributed by atoms with E-state index in [0.29, 0.717) is 11.1 Å². The first-order chi connectivity index (χ1) is 10.1. The van der Waals surface area contributed by atoms with Crippen LogP contribution in [0.3, 0.4) is 0 Å². The first-order valence-corrected chi connectivity index (χ1v) is 7.66. The molecule has 0 unspecified atom stereocenters. The van der Waals surface area contributed by atoms with Crippen LogP contribution < -0.4 is 0 Å². The molecular weight excluding hydrogens is 280 g/mol. The van der Waals surface area contributed by atoms with Crippen LogP contribution in [0, 0.1) is 0 Å². The van der Waals surface area contributed by atoms with Gasteiger partial charge in [-0.2, -0.15) is 0 Å². The van der Waals surface area contributed by atoms with E-state index < -0.39 is 22.8 Å². The van der Waals surface area contributed by atoms with Crippen LogP contribution in [-0.4, -0.2) is 22.2 Å². The summed E-state index contributed by atoms with van der Waals surface area (Å²) in [6.45, 7) is 8.60. The number of rotatable bonds is 7. The van der Waals surface area contributed by atoms with Gasteiger partial charge in [0.15, 0.2) is 0 Å². The smallest absolute Gasteiger partial charge is 0.313 e. The zero-order chi connectivity index (χ0) is 17.1. The maximum atomic E-state index is 11.7. The fourth-order valence-corrected chi connectivity index (χ4v) is 2.66. The molecular formula is C18H26O4. The molecule has 22 heavy (non-hydrogen) atoms. The molecule has 0 aliphatic rings. The second kappa shape index (κ2) is 6.51. The second-order valence-corrected chi connectivity index (χ2v) is 6.80. The highest BCUT2D eigenvalue weighted by molar-refractivity contribution is 5.85. The van der Waals surface area contributed by atoms with Crippen LogP contribution in [-0.2, 0) is 26.8 Å². The highest BCUT2D eigenvalue weighted by Crippen LogP contribution is 2.37. The van der Waals surface area contributed by atoms with Crippen molar-refractivity contribution in [2.45, 2.75) is 64.7 Å². The van der Waals surface area contributed by atoms with Crippen molar-refractivity contribution in [1.29, 1.82) is 0 Å². The summed E-state index contributed by atoms with van der Waals surface area (Å²) in [6, 6.07) is 5.48. The van der Waals surface area contributed by atoms with Gasteiger partial charge in [-0.1, -0.05) is 31.5 Å². The molecule has 0 spiro atoms. The summed E-state index contributed by atoms with van der Waals surface area (Å²) in [4.78, 5) is 23.4. The van der Waals surface area contributed by atoms with Gasteiger partial charge < -0.3 is 10.2 Å². The Morgan fingerprint density at radius 1 is 1.00 bits per heavy atom. The van der Waals surface area contributed by atoms with Crippen molar-refractivity contribution in [3.8, 4) is 0 Å². The molecule has 4 nitrogen and oxygen atoms in total. The van der Waals surface area contributed by atoms with Gasteiger partial charge in [0.2, 0.25) is 0 Å². The average molecular weight is 306 g/mol. The monoisotopic (exact) mass is 306 g/mol. The summed E-state index contributed by atoms with van der Waals surface area (Å²) in [7, 11) is 0. The molecule has 1 aromatic carbocycles. The van der Waals surface area contributed by atoms with Gasteiger partial charge in [0.25, 0.3) is 0 Å². The van der Waals surface area contributed by atoms with Crippen molar-refractivity contribution in [2.24, 2.45) is 0 Å². The molecule has 2 N–H and O–H groups in total. The summed E-state index contributed by atoms with van der Waals surface area (Å²) in [5.74, 6) is -1.90. The van der Waals surface area contributed by atoms with Crippen molar-refractivity contribution >= 4 is 11.9 Å². The molecule has 0 radical (unpaired) electrons. The van der Waals surface area contributed by atoms with E-state index in [1.54, 1.807) is 33.8 Å². The number of aryl methyl sites for hydroxylation is 1. The van der Waals surface area contributed by atoms with Crippen molar-refractivity contribution < 1.29 is 19.8 Å². The van der Waals surface area contributed by atoms with Crippen LogP contribution >= 0.6 is 0 Å². The Bertz CT molecular complexity index is 570. The zero-order valence-electron chi connectivity index (χ0n) is 14.1. The maximum absolute atomic E-state index is 11.7. The van der Waals surface area contributed by atoms with Crippen LogP contribution in [0.4, 0.5) is 0 Å². The largest absolute Gasteiger partial charge is 0.481 e. The number of carbonyl (C=O) groups is 2. The fourth-order valence-electron chi connectivity index (χ4n) is 2.66. The van der Waals surface area contributed by atoms with E-state index in [1.165, 1.54) is 0 Å². The molecule has 0 aliphatic carbocycles. The number of carboxylic acid groups (broad SMARTS) is 2. The van der Waals surface area contributed by atoms with Crippen LogP contribution in [0.1, 0.15) is 64.2 Å². The van der Waals surface area contributed by atoms with Crippen molar-refractivity contribution in [2.75, 3.05) is 0 Å². The molecule has 0 aliphatic heterocycles. The van der Waals surface area contributed by atoms with E-state index in [0.717, 1.165) is 24.8 Å². The van der Waals surface area contributed by atoms with Gasteiger partial charge in [-0.25, -0.2) is 0 Å². The third-order valence-electron chi connectivity index (χ3n) is 4.32. The molecule has 0 atom stereocenters. The molecule has 0 amide bonds. The molecule has 122 valence electrons. The van der Waals surface area contributed by atoms with Crippen LogP contribution in [0.5, 0.6) is 0 Å². The molecule has 0 fully saturated rings. The number of unbranched alkanes of at least 4 members (excludes halogenated alkanes) is 1. The zero-order valence-corrected chi connectivity index (χ0v) is 14.1. The van der Waals surface area contributed by atoms with Gasteiger partial charge in [0.05, 0.1) is 10.8 Å². The standard InChI is InChI=1S/C18H26O4/c1-6-7-9-12-10-8-11-13(17(2,3)15(19)20)14(12)18(4,5)16(21)22/h8,10-11H,6-7,9H2,1-5H3,(H,19,20)(H,21,22). The lowest BCUT2D eigenvalue weighted by molar-refractivity contribution is -0.144. The minimum atomic E-state index is -1.13. The van der Waals surface area contributed by atoms with Gasteiger partial charge in [-0.05, 0) is 57.2 Å². The number of aliphatic carboxylic acids is 2. The van der Waals surface area contributed by atoms with Crippen LogP contribution in [0.2, 0.25) is 0 Å². The first kappa shape index (κ1) is 18.2. The van der Waals surface area contributed by atoms with Gasteiger partial charge in [-0.15, -0.1) is 0 Å². The number of carboxylic acids is 2. The SMILES string of the molecule is CCCCc1cccc(C(C)(C)C(=O)O)c1C(C)(C)C(=O)O. The van der Waals surface area contributed by atoms with Crippen LogP contribution in [0.25, 0.3) is 0 Å². The van der Waals surface area contributed by atoms with E-state index in [2.05, 4.69) is 6.92 Å². The molecule has 0 saturated heterocycles. The van der Waals surface area contributed by atoms with Crippen molar-refractivity contribution in [3.05, 3.63) is 34.9 Å². The maximum Gasteiger partial charge on any atom is 0.313 e. The summed E-state index contributed by atoms with van der Waals surface area (Å²) in [5.41, 5.74) is -0.109. The predicted molar refractivity (Wildman–Crippen MR) is 86.4 cm³/mol. The fraction of sp³-hybridized carbons (Fsp3) is 0.556. The van der Waals surface area contributed by atoms with Gasteiger partial charge in [0, 0.05) is 0 Å². The molecule has 0 aromatic heterocycles. The van der Waals surface area contributed by atoms with E-state index in [9.17, 15) is 19.8 Å². The Morgan fingerprint density at radius 2 is 1.55 bits per heavy atom. The first-order valence-electron chi connectivity index (χ1n) is 7.66. The Balaban J connectivity index is 3.65. The molecule has 0 saturated carbocycles. The average Bonchev–Trinajstić information content (AvgIpc) is 2.44. The Kier molecular flexibility index (Phi) is 5.39. The molecule has 0 bridgehead atoms. The van der Waals surface area contributed by atoms with Crippen LogP contribution in [0.15, 0.2) is 18.2 Å². The minimum absolute atomic E-state index is 0.584. The molecule has 1 aromatic rings. The van der Waals surface area contributed by atoms with E-state index in [1.807, 2.05) is 12.1 Å². The summed E-state index contributed by atoms with van der Waals surface area (Å²) >= 11 is 0. The number of hydrogen-bond donors (Lipinski definition) is 2. The third-order valence-corrected chi connectivity index (χ3v) is 4.32. The topological polar surface area (TPSA) is 74.6 Å². The lowest BCUT2D eigenvalue weighted by Crippen LogP contribution is -2.37. The van der Waals surface area contributed by atoms with Crippen molar-refractivity contribution in [3.63, 3.8) is 0 Å². The van der Waals surface area contributed by atoms with Gasteiger partial charge >= 0.3 is 11.9 Å². The normalized spacial score (nSPS) is 12.2. The van der Waals surface area contributed by atoms with E-state index >= 15 is 0 Å². The van der Waals surface area contributed by atoms with Crippen molar-refractivity contribution in [1.82, 2.24) is 0 Å². The molecule has 4 heteroatoms. The quantitative estimate of drug-likeness (QED) is 0.804. The summed E-state index contributed by atoms with van der Waals surface area (Å²) < 4.78 is 0. The number of hydrogen-bond acceptors (Lipinski definition) is 2. The Hall–Kier alpha value is -1.84. The highest BCUT2D eigenvalue weighted by Gasteiger charge is 2.40. The molecule has 1 rings (SSSR count). The summed E-state index contributed by atoms with van der Waals surface area (Å²) in [5, 5.41) is 19.2. The lowest BCUT2D eigenvalue weighted by Gasteiger charge is -2.32. The van der Waals surface area contributed by atoms with E-state index in [4.69, 9.17) is 0 Å². The third kappa shape index (κ3) is 3.32. The number of benzene rings is 1. The Morgan fingerprint density at radius 3 is 2.00 bits per heavy atom. The molecule has 0 heterocycles. The summed E-state index contributed by atoms with van der Waals surface area (Å²) in [6.07, 6.45) is 2.70. The van der Waals surface area contributed by atoms with E-state index in [-0.39, 0.29) is 0 Å². The Labute approximate surface area is 132 Å². The predicted octanol–water partition coefficient (Wildman–Crippen LogP) is 3.75. The second-order valence-electron chi connectivity index (χ2n) is 6.80. The van der Waals surface area contributed by atoms with Gasteiger partial charge in [-0.3, -0.25) is 9.59 Å². The minimum Gasteiger partial charge on any atom is -0.481 e.